The predicted octanol–water partition coefficient (Wildman–Crippen LogP) is 4.86. The Balaban J connectivity index is 2.13. The highest BCUT2D eigenvalue weighted by atomic mass is 32.2. The molecule has 3 unspecified atom stereocenters. The maximum atomic E-state index is 14.3. The monoisotopic (exact) mass is 467 g/mol. The largest absolute Gasteiger partial charge is 0.467 e. The van der Waals surface area contributed by atoms with Crippen LogP contribution < -0.4 is 5.32 Å². The van der Waals surface area contributed by atoms with E-state index in [0.29, 0.717) is 17.7 Å². The summed E-state index contributed by atoms with van der Waals surface area (Å²) in [5.41, 5.74) is 1.23. The van der Waals surface area contributed by atoms with Gasteiger partial charge in [0, 0.05) is 24.7 Å². The number of carbonyl (C=O) groups is 3. The summed E-state index contributed by atoms with van der Waals surface area (Å²) in [6.07, 6.45) is 4.56. The normalized spacial score (nSPS) is 17.5. The van der Waals surface area contributed by atoms with Crippen molar-refractivity contribution in [2.24, 2.45) is 5.92 Å². The lowest BCUT2D eigenvalue weighted by Gasteiger charge is -2.26. The van der Waals surface area contributed by atoms with Crippen LogP contribution in [0.4, 0.5) is 13.6 Å². The third-order valence-electron chi connectivity index (χ3n) is 5.23. The molecule has 0 aliphatic heterocycles. The van der Waals surface area contributed by atoms with E-state index in [1.54, 1.807) is 12.2 Å². The topological polar surface area (TPSA) is 81.7 Å². The number of amides is 1. The number of halogens is 2. The molecule has 1 aliphatic rings. The molecule has 32 heavy (non-hydrogen) atoms. The lowest BCUT2D eigenvalue weighted by Crippen LogP contribution is -2.42. The Hall–Kier alpha value is -2.68. The van der Waals surface area contributed by atoms with Gasteiger partial charge in [-0.1, -0.05) is 26.0 Å². The van der Waals surface area contributed by atoms with Crippen LogP contribution in [0.1, 0.15) is 45.1 Å². The number of rotatable bonds is 8. The summed E-state index contributed by atoms with van der Waals surface area (Å²) in [6, 6.07) is 2.52. The summed E-state index contributed by atoms with van der Waals surface area (Å²) < 4.78 is 37.7. The van der Waals surface area contributed by atoms with E-state index in [0.717, 1.165) is 29.8 Å². The second kappa shape index (κ2) is 11.8. The molecule has 0 fully saturated rings. The van der Waals surface area contributed by atoms with Gasteiger partial charge in [-0.05, 0) is 53.8 Å². The van der Waals surface area contributed by atoms with Crippen molar-refractivity contribution in [1.82, 2.24) is 5.32 Å². The Morgan fingerprint density at radius 3 is 2.59 bits per heavy atom. The highest BCUT2D eigenvalue weighted by Crippen LogP contribution is 2.38. The van der Waals surface area contributed by atoms with Gasteiger partial charge in [-0.3, -0.25) is 4.79 Å². The number of hydrogen-bond acceptors (Lipinski definition) is 6. The number of ether oxygens (including phenoxy) is 2. The van der Waals surface area contributed by atoms with Crippen molar-refractivity contribution in [3.63, 3.8) is 0 Å². The molecule has 1 amide bonds. The Kier molecular flexibility index (Phi) is 9.43. The van der Waals surface area contributed by atoms with E-state index in [1.807, 2.05) is 13.8 Å². The molecule has 0 bridgehead atoms. The van der Waals surface area contributed by atoms with E-state index < -0.39 is 34.9 Å². The highest BCUT2D eigenvalue weighted by molar-refractivity contribution is 8.13. The summed E-state index contributed by atoms with van der Waals surface area (Å²) >= 11 is 0.740. The van der Waals surface area contributed by atoms with E-state index in [-0.39, 0.29) is 17.6 Å². The molecule has 1 aliphatic carbocycles. The molecule has 9 heteroatoms. The van der Waals surface area contributed by atoms with Crippen LogP contribution in [0.5, 0.6) is 0 Å². The number of carbonyl (C=O) groups excluding carboxylic acids is 3. The van der Waals surface area contributed by atoms with Crippen LogP contribution in [0.15, 0.2) is 41.7 Å². The summed E-state index contributed by atoms with van der Waals surface area (Å²) in [6.45, 7) is 5.24. The van der Waals surface area contributed by atoms with Gasteiger partial charge in [0.15, 0.2) is 0 Å². The number of esters is 1. The lowest BCUT2D eigenvalue weighted by molar-refractivity contribution is -0.144. The molecule has 2 rings (SSSR count). The molecular weight excluding hydrogens is 440 g/mol. The number of nitrogens with one attached hydrogen (secondary N) is 1. The second-order valence-electron chi connectivity index (χ2n) is 7.47. The lowest BCUT2D eigenvalue weighted by atomic mass is 9.82. The number of thioether (sulfide) groups is 1. The van der Waals surface area contributed by atoms with Gasteiger partial charge < -0.3 is 14.8 Å². The van der Waals surface area contributed by atoms with Gasteiger partial charge in [-0.25, -0.2) is 18.4 Å². The van der Waals surface area contributed by atoms with Crippen LogP contribution in [0.3, 0.4) is 0 Å². The Bertz CT molecular complexity index is 931. The molecule has 0 heterocycles. The van der Waals surface area contributed by atoms with Crippen LogP contribution in [-0.4, -0.2) is 36.1 Å². The molecule has 174 valence electrons. The van der Waals surface area contributed by atoms with Crippen molar-refractivity contribution in [2.75, 3.05) is 12.9 Å². The van der Waals surface area contributed by atoms with Crippen molar-refractivity contribution < 1.29 is 32.6 Å². The number of methoxy groups -OCH3 is 1. The zero-order valence-corrected chi connectivity index (χ0v) is 19.3. The van der Waals surface area contributed by atoms with Gasteiger partial charge in [-0.2, -0.15) is 0 Å². The standard InChI is InChI=1S/C23H27F2NO5S/c1-5-13(2)18-10-15(17-8-7-16(24)11-19(17)25)6-9-21(18)31-23(29)32-12-20(22(28)30-4)26-14(3)27/h6-9,11,13,15,20H,5,10,12H2,1-4H3,(H,26,27). The molecule has 1 aromatic rings. The van der Waals surface area contributed by atoms with E-state index in [2.05, 4.69) is 10.1 Å². The molecule has 0 aromatic heterocycles. The molecule has 0 saturated carbocycles. The summed E-state index contributed by atoms with van der Waals surface area (Å²) in [4.78, 5) is 35.5. The first kappa shape index (κ1) is 25.6. The fourth-order valence-electron chi connectivity index (χ4n) is 3.35. The molecule has 0 saturated heterocycles. The SMILES string of the molecule is CCC(C)C1=C(OC(=O)SCC(NC(C)=O)C(=O)OC)C=CC(c2ccc(F)cc2F)C1. The van der Waals surface area contributed by atoms with E-state index in [4.69, 9.17) is 4.74 Å². The molecule has 3 atom stereocenters. The first-order chi connectivity index (χ1) is 15.2. The fourth-order valence-corrected chi connectivity index (χ4v) is 4.02. The van der Waals surface area contributed by atoms with Gasteiger partial charge >= 0.3 is 11.3 Å². The van der Waals surface area contributed by atoms with Crippen molar-refractivity contribution in [2.45, 2.75) is 45.6 Å². The van der Waals surface area contributed by atoms with E-state index >= 15 is 0 Å². The molecule has 0 spiro atoms. The average Bonchev–Trinajstić information content (AvgIpc) is 2.75. The Labute approximate surface area is 190 Å². The highest BCUT2D eigenvalue weighted by Gasteiger charge is 2.27. The Morgan fingerprint density at radius 2 is 2.00 bits per heavy atom. The quantitative estimate of drug-likeness (QED) is 0.550. The first-order valence-corrected chi connectivity index (χ1v) is 11.2. The van der Waals surface area contributed by atoms with Crippen molar-refractivity contribution in [3.05, 3.63) is 58.9 Å². The van der Waals surface area contributed by atoms with Crippen molar-refractivity contribution in [3.8, 4) is 0 Å². The molecule has 1 aromatic carbocycles. The molecule has 1 N–H and O–H groups in total. The van der Waals surface area contributed by atoms with Crippen molar-refractivity contribution in [1.29, 1.82) is 0 Å². The van der Waals surface area contributed by atoms with Crippen LogP contribution >= 0.6 is 11.8 Å². The molecular formula is C23H27F2NO5S. The number of allylic oxidation sites excluding steroid dienone is 3. The van der Waals surface area contributed by atoms with Gasteiger partial charge in [0.25, 0.3) is 0 Å². The minimum Gasteiger partial charge on any atom is -0.467 e. The maximum absolute atomic E-state index is 14.3. The minimum atomic E-state index is -0.981. The Morgan fingerprint density at radius 1 is 1.28 bits per heavy atom. The van der Waals surface area contributed by atoms with E-state index in [1.165, 1.54) is 26.2 Å². The smallest absolute Gasteiger partial charge is 0.372 e. The summed E-state index contributed by atoms with van der Waals surface area (Å²) in [7, 11) is 1.19. The van der Waals surface area contributed by atoms with Gasteiger partial charge in [0.2, 0.25) is 5.91 Å². The predicted molar refractivity (Wildman–Crippen MR) is 118 cm³/mol. The van der Waals surface area contributed by atoms with Gasteiger partial charge in [0.1, 0.15) is 23.4 Å². The zero-order valence-electron chi connectivity index (χ0n) is 18.4. The van der Waals surface area contributed by atoms with Crippen molar-refractivity contribution >= 4 is 28.9 Å². The average molecular weight is 468 g/mol. The number of benzene rings is 1. The van der Waals surface area contributed by atoms with Gasteiger partial charge in [-0.15, -0.1) is 0 Å². The summed E-state index contributed by atoms with van der Waals surface area (Å²) in [5.74, 6) is -2.26. The zero-order chi connectivity index (χ0) is 23.8. The van der Waals surface area contributed by atoms with Crippen LogP contribution in [0.2, 0.25) is 0 Å². The van der Waals surface area contributed by atoms with E-state index in [9.17, 15) is 23.2 Å². The van der Waals surface area contributed by atoms with Crippen LogP contribution in [0.25, 0.3) is 0 Å². The fraction of sp³-hybridized carbons (Fsp3) is 0.435. The third-order valence-corrected chi connectivity index (χ3v) is 6.05. The molecule has 6 nitrogen and oxygen atoms in total. The third kappa shape index (κ3) is 6.91. The maximum Gasteiger partial charge on any atom is 0.372 e. The molecule has 0 radical (unpaired) electrons. The minimum absolute atomic E-state index is 0.0514. The van der Waals surface area contributed by atoms with Crippen LogP contribution in [-0.2, 0) is 19.1 Å². The summed E-state index contributed by atoms with van der Waals surface area (Å²) in [5, 5.41) is 1.79. The van der Waals surface area contributed by atoms with Crippen LogP contribution in [0, 0.1) is 17.6 Å². The first-order valence-electron chi connectivity index (χ1n) is 10.2. The van der Waals surface area contributed by atoms with Gasteiger partial charge in [0.05, 0.1) is 7.11 Å². The number of hydrogen-bond donors (Lipinski definition) is 1. The second-order valence-corrected chi connectivity index (χ2v) is 8.43.